The maximum absolute atomic E-state index is 12.2. The number of ether oxygens (including phenoxy) is 1. The standard InChI is InChI=1S/C12H13NO4S/c1-3-13-10(15)8(12(16)17-4-2)9(14)7-5-6-18-11(7)13/h5-6,14H,3-4H2,1-2H3. The lowest BCUT2D eigenvalue weighted by molar-refractivity contribution is 0.0520. The van der Waals surface area contributed by atoms with Gasteiger partial charge in [0, 0.05) is 6.54 Å². The van der Waals surface area contributed by atoms with E-state index in [4.69, 9.17) is 4.74 Å². The normalized spacial score (nSPS) is 10.8. The van der Waals surface area contributed by atoms with Crippen molar-refractivity contribution in [1.29, 1.82) is 0 Å². The number of rotatable bonds is 3. The molecule has 0 unspecified atom stereocenters. The Labute approximate surface area is 107 Å². The Kier molecular flexibility index (Phi) is 3.38. The number of hydrogen-bond acceptors (Lipinski definition) is 5. The summed E-state index contributed by atoms with van der Waals surface area (Å²) < 4.78 is 6.27. The molecule has 0 atom stereocenters. The zero-order valence-electron chi connectivity index (χ0n) is 10.1. The average Bonchev–Trinajstić information content (AvgIpc) is 2.79. The van der Waals surface area contributed by atoms with Crippen molar-refractivity contribution < 1.29 is 14.6 Å². The van der Waals surface area contributed by atoms with Gasteiger partial charge in [0.2, 0.25) is 0 Å². The number of aromatic hydroxyl groups is 1. The fourth-order valence-electron chi connectivity index (χ4n) is 1.83. The quantitative estimate of drug-likeness (QED) is 0.863. The first kappa shape index (κ1) is 12.6. The average molecular weight is 267 g/mol. The molecule has 0 aliphatic carbocycles. The number of fused-ring (bicyclic) bond motifs is 1. The highest BCUT2D eigenvalue weighted by atomic mass is 32.1. The van der Waals surface area contributed by atoms with E-state index < -0.39 is 11.5 Å². The topological polar surface area (TPSA) is 68.5 Å². The van der Waals surface area contributed by atoms with Crippen LogP contribution in [0.1, 0.15) is 24.2 Å². The Bertz CT molecular complexity index is 656. The number of hydrogen-bond donors (Lipinski definition) is 1. The lowest BCUT2D eigenvalue weighted by atomic mass is 10.2. The first-order chi connectivity index (χ1) is 8.61. The molecular weight excluding hydrogens is 254 g/mol. The number of thiophene rings is 1. The van der Waals surface area contributed by atoms with Crippen LogP contribution in [0.25, 0.3) is 10.2 Å². The van der Waals surface area contributed by atoms with Crippen LogP contribution in [0.3, 0.4) is 0 Å². The van der Waals surface area contributed by atoms with Crippen LogP contribution in [0.2, 0.25) is 0 Å². The Morgan fingerprint density at radius 2 is 2.22 bits per heavy atom. The molecule has 5 nitrogen and oxygen atoms in total. The van der Waals surface area contributed by atoms with Crippen molar-refractivity contribution >= 4 is 27.5 Å². The molecule has 1 N–H and O–H groups in total. The van der Waals surface area contributed by atoms with Crippen molar-refractivity contribution in [1.82, 2.24) is 4.57 Å². The minimum atomic E-state index is -0.782. The van der Waals surface area contributed by atoms with E-state index in [9.17, 15) is 14.7 Å². The second kappa shape index (κ2) is 4.81. The highest BCUT2D eigenvalue weighted by Gasteiger charge is 2.23. The number of esters is 1. The second-order valence-electron chi connectivity index (χ2n) is 3.63. The van der Waals surface area contributed by atoms with E-state index >= 15 is 0 Å². The van der Waals surface area contributed by atoms with Gasteiger partial charge in [0.15, 0.2) is 5.56 Å². The molecule has 0 saturated heterocycles. The van der Waals surface area contributed by atoms with Gasteiger partial charge in [-0.15, -0.1) is 11.3 Å². The predicted molar refractivity (Wildman–Crippen MR) is 69.4 cm³/mol. The maximum atomic E-state index is 12.2. The fraction of sp³-hybridized carbons (Fsp3) is 0.333. The van der Waals surface area contributed by atoms with Crippen molar-refractivity contribution in [3.05, 3.63) is 27.4 Å². The van der Waals surface area contributed by atoms with Crippen LogP contribution < -0.4 is 5.56 Å². The molecule has 0 radical (unpaired) electrons. The van der Waals surface area contributed by atoms with E-state index in [1.54, 1.807) is 18.4 Å². The first-order valence-electron chi connectivity index (χ1n) is 5.61. The van der Waals surface area contributed by atoms with E-state index in [0.29, 0.717) is 16.8 Å². The molecule has 18 heavy (non-hydrogen) atoms. The van der Waals surface area contributed by atoms with Crippen LogP contribution >= 0.6 is 11.3 Å². The van der Waals surface area contributed by atoms with E-state index in [1.165, 1.54) is 15.9 Å². The van der Waals surface area contributed by atoms with Crippen LogP contribution in [0, 0.1) is 0 Å². The molecule has 0 aliphatic rings. The Morgan fingerprint density at radius 1 is 1.50 bits per heavy atom. The van der Waals surface area contributed by atoms with Crippen molar-refractivity contribution in [3.63, 3.8) is 0 Å². The van der Waals surface area contributed by atoms with Crippen molar-refractivity contribution in [2.24, 2.45) is 0 Å². The number of nitrogens with zero attached hydrogens (tertiary/aromatic N) is 1. The fourth-order valence-corrected chi connectivity index (χ4v) is 2.79. The maximum Gasteiger partial charge on any atom is 0.347 e. The molecule has 2 rings (SSSR count). The predicted octanol–water partition coefficient (Wildman–Crippen LogP) is 1.97. The lowest BCUT2D eigenvalue weighted by Gasteiger charge is -2.09. The Morgan fingerprint density at radius 3 is 2.83 bits per heavy atom. The zero-order chi connectivity index (χ0) is 13.3. The Balaban J connectivity index is 2.80. The van der Waals surface area contributed by atoms with Gasteiger partial charge in [-0.2, -0.15) is 0 Å². The minimum Gasteiger partial charge on any atom is -0.506 e. The molecule has 0 saturated carbocycles. The summed E-state index contributed by atoms with van der Waals surface area (Å²) in [6.45, 7) is 4.05. The van der Waals surface area contributed by atoms with Crippen molar-refractivity contribution in [3.8, 4) is 5.75 Å². The molecule has 0 aliphatic heterocycles. The van der Waals surface area contributed by atoms with Crippen molar-refractivity contribution in [2.75, 3.05) is 6.61 Å². The third kappa shape index (κ3) is 1.78. The summed E-state index contributed by atoms with van der Waals surface area (Å²) in [4.78, 5) is 24.5. The highest BCUT2D eigenvalue weighted by molar-refractivity contribution is 7.16. The van der Waals surface area contributed by atoms with Gasteiger partial charge in [-0.1, -0.05) is 0 Å². The van der Waals surface area contributed by atoms with Crippen LogP contribution in [0.15, 0.2) is 16.2 Å². The number of carbonyl (C=O) groups excluding carboxylic acids is 1. The summed E-state index contributed by atoms with van der Waals surface area (Å²) in [5.41, 5.74) is -0.798. The molecule has 0 amide bonds. The van der Waals surface area contributed by atoms with Gasteiger partial charge in [-0.3, -0.25) is 9.36 Å². The van der Waals surface area contributed by atoms with Gasteiger partial charge in [-0.25, -0.2) is 4.79 Å². The highest BCUT2D eigenvalue weighted by Crippen LogP contribution is 2.30. The summed E-state index contributed by atoms with van der Waals surface area (Å²) in [7, 11) is 0. The molecule has 96 valence electrons. The molecule has 0 spiro atoms. The third-order valence-corrected chi connectivity index (χ3v) is 3.57. The third-order valence-electron chi connectivity index (χ3n) is 2.64. The summed E-state index contributed by atoms with van der Waals surface area (Å²) in [6.07, 6.45) is 0. The smallest absolute Gasteiger partial charge is 0.347 e. The number of aryl methyl sites for hydroxylation is 1. The van der Waals surface area contributed by atoms with Gasteiger partial charge in [0.05, 0.1) is 12.0 Å². The first-order valence-corrected chi connectivity index (χ1v) is 6.49. The number of pyridine rings is 1. The molecule has 6 heteroatoms. The summed E-state index contributed by atoms with van der Waals surface area (Å²) in [6, 6.07) is 1.68. The summed E-state index contributed by atoms with van der Waals surface area (Å²) in [5.74, 6) is -1.07. The van der Waals surface area contributed by atoms with Crippen LogP contribution in [-0.2, 0) is 11.3 Å². The van der Waals surface area contributed by atoms with E-state index in [2.05, 4.69) is 0 Å². The molecule has 0 aromatic carbocycles. The monoisotopic (exact) mass is 267 g/mol. The SMILES string of the molecule is CCOC(=O)c1c(O)c2ccsc2n(CC)c1=O. The summed E-state index contributed by atoms with van der Waals surface area (Å²) in [5, 5.41) is 12.3. The number of aromatic nitrogens is 1. The van der Waals surface area contributed by atoms with Crippen molar-refractivity contribution in [2.45, 2.75) is 20.4 Å². The minimum absolute atomic E-state index is 0.158. The number of carbonyl (C=O) groups is 1. The van der Waals surface area contributed by atoms with E-state index in [1.807, 2.05) is 6.92 Å². The van der Waals surface area contributed by atoms with Crippen LogP contribution in [-0.4, -0.2) is 22.2 Å². The van der Waals surface area contributed by atoms with Gasteiger partial charge in [-0.05, 0) is 25.3 Å². The van der Waals surface area contributed by atoms with E-state index in [-0.39, 0.29) is 17.9 Å². The summed E-state index contributed by atoms with van der Waals surface area (Å²) >= 11 is 1.35. The Hall–Kier alpha value is -1.82. The van der Waals surface area contributed by atoms with Gasteiger partial charge < -0.3 is 9.84 Å². The van der Waals surface area contributed by atoms with E-state index in [0.717, 1.165) is 0 Å². The lowest BCUT2D eigenvalue weighted by Crippen LogP contribution is -2.27. The second-order valence-corrected chi connectivity index (χ2v) is 4.53. The molecule has 0 fully saturated rings. The molecule has 0 bridgehead atoms. The van der Waals surface area contributed by atoms with Gasteiger partial charge in [0.25, 0.3) is 5.56 Å². The van der Waals surface area contributed by atoms with Gasteiger partial charge in [0.1, 0.15) is 10.6 Å². The zero-order valence-corrected chi connectivity index (χ0v) is 10.9. The largest absolute Gasteiger partial charge is 0.506 e. The molecule has 2 heterocycles. The van der Waals surface area contributed by atoms with Crippen LogP contribution in [0.5, 0.6) is 5.75 Å². The van der Waals surface area contributed by atoms with Gasteiger partial charge >= 0.3 is 5.97 Å². The molecule has 2 aromatic rings. The molecule has 2 aromatic heterocycles. The van der Waals surface area contributed by atoms with Crippen LogP contribution in [0.4, 0.5) is 0 Å². The molecular formula is C12H13NO4S.